The molecular weight excluding hydrogens is 347 g/mol. The van der Waals surface area contributed by atoms with Crippen LogP contribution in [-0.4, -0.2) is 9.78 Å². The van der Waals surface area contributed by atoms with Gasteiger partial charge in [-0.05, 0) is 11.8 Å². The molecule has 0 saturated carbocycles. The zero-order valence-electron chi connectivity index (χ0n) is 6.57. The van der Waals surface area contributed by atoms with Gasteiger partial charge in [-0.15, -0.1) is 6.07 Å². The van der Waals surface area contributed by atoms with E-state index in [1.807, 2.05) is 0 Å². The third-order valence-electron chi connectivity index (χ3n) is 1.52. The van der Waals surface area contributed by atoms with Gasteiger partial charge >= 0.3 is 0 Å². The van der Waals surface area contributed by atoms with Crippen molar-refractivity contribution in [3.63, 3.8) is 0 Å². The number of hydrogen-bond donors (Lipinski definition) is 0. The Morgan fingerprint density at radius 2 is 2.23 bits per heavy atom. The predicted octanol–water partition coefficient (Wildman–Crippen LogP) is 1.81. The van der Waals surface area contributed by atoms with Crippen molar-refractivity contribution in [2.45, 2.75) is 0 Å². The summed E-state index contributed by atoms with van der Waals surface area (Å²) >= 11 is 0. The Labute approximate surface area is 88.7 Å². The summed E-state index contributed by atoms with van der Waals surface area (Å²) in [6, 6.07) is 9.14. The molecule has 69 valence electrons. The minimum atomic E-state index is -0.318. The van der Waals surface area contributed by atoms with E-state index >= 15 is 0 Å². The minimum Gasteiger partial charge on any atom is -0.282 e. The molecule has 0 fully saturated rings. The first-order chi connectivity index (χ1) is 5.88. The molecule has 0 bridgehead atoms. The summed E-state index contributed by atoms with van der Waals surface area (Å²) < 4.78 is 14.5. The molecule has 0 atom stereocenters. The van der Waals surface area contributed by atoms with E-state index in [0.29, 0.717) is 5.69 Å². The van der Waals surface area contributed by atoms with Crippen molar-refractivity contribution in [2.75, 3.05) is 0 Å². The van der Waals surface area contributed by atoms with E-state index in [1.54, 1.807) is 30.6 Å². The van der Waals surface area contributed by atoms with Crippen molar-refractivity contribution in [3.8, 4) is 5.69 Å². The zero-order valence-corrected chi connectivity index (χ0v) is 8.96. The molecule has 2 aromatic rings. The molecule has 0 unspecified atom stereocenters. The maximum absolute atomic E-state index is 13.1. The fourth-order valence-corrected chi connectivity index (χ4v) is 0.984. The van der Waals surface area contributed by atoms with E-state index in [1.165, 1.54) is 10.7 Å². The third kappa shape index (κ3) is 2.02. The first-order valence-electron chi connectivity index (χ1n) is 3.54. The summed E-state index contributed by atoms with van der Waals surface area (Å²) in [7, 11) is 0. The number of benzene rings is 1. The fraction of sp³-hybridized carbons (Fsp3) is 0. The van der Waals surface area contributed by atoms with Gasteiger partial charge in [-0.25, -0.2) is 0 Å². The monoisotopic (exact) mass is 354 g/mol. The molecule has 13 heavy (non-hydrogen) atoms. The minimum absolute atomic E-state index is 0. The van der Waals surface area contributed by atoms with Crippen molar-refractivity contribution in [2.24, 2.45) is 0 Å². The van der Waals surface area contributed by atoms with Gasteiger partial charge in [0.25, 0.3) is 0 Å². The molecule has 0 saturated heterocycles. The van der Waals surface area contributed by atoms with Crippen molar-refractivity contribution in [1.29, 1.82) is 0 Å². The SMILES string of the molecule is Fc1ccc[c-]c1-n1cccn1.[Ir]. The van der Waals surface area contributed by atoms with Crippen LogP contribution in [0.25, 0.3) is 5.69 Å². The van der Waals surface area contributed by atoms with Gasteiger partial charge in [-0.2, -0.15) is 23.3 Å². The Bertz CT molecular complexity index is 373. The Morgan fingerprint density at radius 3 is 2.85 bits per heavy atom. The van der Waals surface area contributed by atoms with Crippen LogP contribution >= 0.6 is 0 Å². The quantitative estimate of drug-likeness (QED) is 0.715. The van der Waals surface area contributed by atoms with Gasteiger partial charge in [-0.3, -0.25) is 9.07 Å². The number of rotatable bonds is 1. The molecule has 1 aromatic heterocycles. The summed E-state index contributed by atoms with van der Waals surface area (Å²) in [5.41, 5.74) is 0.350. The van der Waals surface area contributed by atoms with Crippen LogP contribution in [-0.2, 0) is 20.1 Å². The third-order valence-corrected chi connectivity index (χ3v) is 1.52. The molecule has 0 aliphatic heterocycles. The topological polar surface area (TPSA) is 17.8 Å². The van der Waals surface area contributed by atoms with Gasteiger partial charge < -0.3 is 0 Å². The van der Waals surface area contributed by atoms with Crippen LogP contribution in [0.15, 0.2) is 36.7 Å². The Hall–Kier alpha value is -0.991. The van der Waals surface area contributed by atoms with Gasteiger partial charge in [0.05, 0.1) is 0 Å². The van der Waals surface area contributed by atoms with E-state index < -0.39 is 0 Å². The maximum Gasteiger partial charge on any atom is 0.0493 e. The number of hydrogen-bond acceptors (Lipinski definition) is 1. The van der Waals surface area contributed by atoms with Crippen LogP contribution < -0.4 is 0 Å². The van der Waals surface area contributed by atoms with Crippen LogP contribution in [0.5, 0.6) is 0 Å². The second-order valence-corrected chi connectivity index (χ2v) is 2.32. The van der Waals surface area contributed by atoms with Crippen molar-refractivity contribution < 1.29 is 24.5 Å². The molecule has 0 aliphatic carbocycles. The smallest absolute Gasteiger partial charge is 0.0493 e. The Balaban J connectivity index is 0.000000845. The van der Waals surface area contributed by atoms with Crippen molar-refractivity contribution >= 4 is 0 Å². The molecule has 2 rings (SSSR count). The van der Waals surface area contributed by atoms with Crippen LogP contribution in [0.3, 0.4) is 0 Å². The second-order valence-electron chi connectivity index (χ2n) is 2.32. The maximum atomic E-state index is 13.1. The summed E-state index contributed by atoms with van der Waals surface area (Å²) in [6.07, 6.45) is 3.27. The van der Waals surface area contributed by atoms with Crippen LogP contribution in [0.4, 0.5) is 4.39 Å². The Morgan fingerprint density at radius 1 is 1.38 bits per heavy atom. The summed E-state index contributed by atoms with van der Waals surface area (Å²) in [5, 5.41) is 3.89. The van der Waals surface area contributed by atoms with Crippen LogP contribution in [0.2, 0.25) is 0 Å². The molecule has 1 aromatic carbocycles. The van der Waals surface area contributed by atoms with Gasteiger partial charge in [0.1, 0.15) is 0 Å². The van der Waals surface area contributed by atoms with Gasteiger partial charge in [0.2, 0.25) is 0 Å². The number of nitrogens with zero attached hydrogens (tertiary/aromatic N) is 2. The predicted molar refractivity (Wildman–Crippen MR) is 42.4 cm³/mol. The van der Waals surface area contributed by atoms with E-state index in [0.717, 1.165) is 0 Å². The number of aromatic nitrogens is 2. The van der Waals surface area contributed by atoms with E-state index in [-0.39, 0.29) is 25.9 Å². The molecule has 1 radical (unpaired) electrons. The zero-order chi connectivity index (χ0) is 8.39. The van der Waals surface area contributed by atoms with Gasteiger partial charge in [0.15, 0.2) is 0 Å². The molecule has 0 aliphatic rings. The molecular formula is C9H6FIrN2-. The normalized spacial score (nSPS) is 9.31. The number of halogens is 1. The molecule has 0 N–H and O–H groups in total. The summed E-state index contributed by atoms with van der Waals surface area (Å²) in [6.45, 7) is 0. The average molecular weight is 353 g/mol. The van der Waals surface area contributed by atoms with Crippen molar-refractivity contribution in [1.82, 2.24) is 9.78 Å². The second kappa shape index (κ2) is 4.30. The molecule has 0 amide bonds. The van der Waals surface area contributed by atoms with E-state index in [9.17, 15) is 4.39 Å². The van der Waals surface area contributed by atoms with Crippen molar-refractivity contribution in [3.05, 3.63) is 48.5 Å². The largest absolute Gasteiger partial charge is 0.282 e. The van der Waals surface area contributed by atoms with E-state index in [4.69, 9.17) is 0 Å². The first-order valence-corrected chi connectivity index (χ1v) is 3.54. The molecule has 4 heteroatoms. The fourth-order valence-electron chi connectivity index (χ4n) is 0.984. The Kier molecular flexibility index (Phi) is 3.34. The van der Waals surface area contributed by atoms with Gasteiger partial charge in [0, 0.05) is 38.3 Å². The average Bonchev–Trinajstić information content (AvgIpc) is 2.57. The summed E-state index contributed by atoms with van der Waals surface area (Å²) in [4.78, 5) is 0. The van der Waals surface area contributed by atoms with Crippen LogP contribution in [0, 0.1) is 11.9 Å². The molecule has 0 spiro atoms. The number of para-hydroxylation sites is 1. The first kappa shape index (κ1) is 10.1. The van der Waals surface area contributed by atoms with Gasteiger partial charge in [-0.1, -0.05) is 0 Å². The molecule has 1 heterocycles. The summed E-state index contributed by atoms with van der Waals surface area (Å²) in [5.74, 6) is -0.318. The standard InChI is InChI=1S/C9H6FN2.Ir/c10-8-4-1-2-5-9(8)12-7-3-6-11-12;/h1-4,6-7H;/q-1;. The van der Waals surface area contributed by atoms with Crippen LogP contribution in [0.1, 0.15) is 0 Å². The van der Waals surface area contributed by atoms with E-state index in [2.05, 4.69) is 11.2 Å². The molecule has 2 nitrogen and oxygen atoms in total.